The third-order valence-electron chi connectivity index (χ3n) is 2.30. The van der Waals surface area contributed by atoms with Gasteiger partial charge in [-0.1, -0.05) is 6.07 Å². The van der Waals surface area contributed by atoms with Crippen molar-refractivity contribution < 1.29 is 19.0 Å². The second kappa shape index (κ2) is 5.55. The van der Waals surface area contributed by atoms with Crippen molar-refractivity contribution in [2.24, 2.45) is 0 Å². The number of benzene rings is 1. The highest BCUT2D eigenvalue weighted by atomic mass is 32.1. The van der Waals surface area contributed by atoms with Gasteiger partial charge >= 0.3 is 5.97 Å². The molecule has 5 heteroatoms. The van der Waals surface area contributed by atoms with Crippen LogP contribution in [0.15, 0.2) is 35.7 Å². The van der Waals surface area contributed by atoms with Gasteiger partial charge in [0.2, 0.25) is 0 Å². The standard InChI is InChI=1S/C13H12O4S/c1-15-9-5-6-10(11(8-9)16-2)17-13(14)12-4-3-7-18-12/h3-8H,1-2H3. The first-order valence-electron chi connectivity index (χ1n) is 5.22. The molecule has 94 valence electrons. The molecule has 2 aromatic rings. The lowest BCUT2D eigenvalue weighted by atomic mass is 10.3. The molecular formula is C13H12O4S. The summed E-state index contributed by atoms with van der Waals surface area (Å²) >= 11 is 1.33. The first-order chi connectivity index (χ1) is 8.74. The molecule has 18 heavy (non-hydrogen) atoms. The van der Waals surface area contributed by atoms with Crippen molar-refractivity contribution in [1.82, 2.24) is 0 Å². The number of carbonyl (C=O) groups is 1. The van der Waals surface area contributed by atoms with Crippen LogP contribution in [0.4, 0.5) is 0 Å². The van der Waals surface area contributed by atoms with Gasteiger partial charge in [0.15, 0.2) is 11.5 Å². The zero-order chi connectivity index (χ0) is 13.0. The third kappa shape index (κ3) is 2.62. The summed E-state index contributed by atoms with van der Waals surface area (Å²) < 4.78 is 15.5. The normalized spacial score (nSPS) is 9.89. The molecule has 1 aromatic heterocycles. The Labute approximate surface area is 109 Å². The van der Waals surface area contributed by atoms with Crippen LogP contribution in [0.2, 0.25) is 0 Å². The van der Waals surface area contributed by atoms with E-state index in [0.29, 0.717) is 22.1 Å². The zero-order valence-electron chi connectivity index (χ0n) is 10.0. The first-order valence-corrected chi connectivity index (χ1v) is 6.10. The number of rotatable bonds is 4. The lowest BCUT2D eigenvalue weighted by Gasteiger charge is -2.09. The molecular weight excluding hydrogens is 252 g/mol. The smallest absolute Gasteiger partial charge is 0.353 e. The monoisotopic (exact) mass is 264 g/mol. The van der Waals surface area contributed by atoms with E-state index in [-0.39, 0.29) is 0 Å². The van der Waals surface area contributed by atoms with Crippen LogP contribution < -0.4 is 14.2 Å². The highest BCUT2D eigenvalue weighted by molar-refractivity contribution is 7.12. The van der Waals surface area contributed by atoms with Gasteiger partial charge in [-0.05, 0) is 23.6 Å². The number of methoxy groups -OCH3 is 2. The van der Waals surface area contributed by atoms with Crippen LogP contribution in [0.3, 0.4) is 0 Å². The molecule has 0 saturated heterocycles. The fourth-order valence-electron chi connectivity index (χ4n) is 1.40. The maximum atomic E-state index is 11.8. The number of ether oxygens (including phenoxy) is 3. The molecule has 2 rings (SSSR count). The Bertz CT molecular complexity index is 534. The first kappa shape index (κ1) is 12.4. The van der Waals surface area contributed by atoms with Gasteiger partial charge in [0, 0.05) is 6.07 Å². The second-order valence-corrected chi connectivity index (χ2v) is 4.33. The predicted molar refractivity (Wildman–Crippen MR) is 68.8 cm³/mol. The van der Waals surface area contributed by atoms with Crippen LogP contribution in [0.1, 0.15) is 9.67 Å². The SMILES string of the molecule is COc1ccc(OC(=O)c2cccs2)c(OC)c1. The van der Waals surface area contributed by atoms with Gasteiger partial charge in [0.1, 0.15) is 10.6 Å². The molecule has 0 unspecified atom stereocenters. The molecule has 0 aliphatic heterocycles. The van der Waals surface area contributed by atoms with E-state index in [1.807, 2.05) is 5.38 Å². The van der Waals surface area contributed by atoms with Crippen molar-refractivity contribution in [3.05, 3.63) is 40.6 Å². The zero-order valence-corrected chi connectivity index (χ0v) is 10.8. The molecule has 0 bridgehead atoms. The van der Waals surface area contributed by atoms with Gasteiger partial charge in [-0.3, -0.25) is 0 Å². The van der Waals surface area contributed by atoms with Crippen LogP contribution in [0, 0.1) is 0 Å². The van der Waals surface area contributed by atoms with Gasteiger partial charge in [0.25, 0.3) is 0 Å². The Morgan fingerprint density at radius 3 is 2.56 bits per heavy atom. The number of esters is 1. The Morgan fingerprint density at radius 1 is 1.11 bits per heavy atom. The highest BCUT2D eigenvalue weighted by Gasteiger charge is 2.13. The molecule has 0 aliphatic carbocycles. The Balaban J connectivity index is 2.21. The van der Waals surface area contributed by atoms with E-state index >= 15 is 0 Å². The van der Waals surface area contributed by atoms with E-state index in [4.69, 9.17) is 14.2 Å². The minimum Gasteiger partial charge on any atom is -0.497 e. The van der Waals surface area contributed by atoms with Gasteiger partial charge in [0.05, 0.1) is 14.2 Å². The van der Waals surface area contributed by atoms with Crippen LogP contribution in [0.5, 0.6) is 17.2 Å². The number of carbonyl (C=O) groups excluding carboxylic acids is 1. The molecule has 0 saturated carbocycles. The molecule has 0 aliphatic rings. The molecule has 0 spiro atoms. The summed E-state index contributed by atoms with van der Waals surface area (Å²) in [6.07, 6.45) is 0. The lowest BCUT2D eigenvalue weighted by Crippen LogP contribution is -2.07. The summed E-state index contributed by atoms with van der Waals surface area (Å²) in [7, 11) is 3.07. The van der Waals surface area contributed by atoms with Gasteiger partial charge in [-0.15, -0.1) is 11.3 Å². The average molecular weight is 264 g/mol. The van der Waals surface area contributed by atoms with Gasteiger partial charge in [-0.2, -0.15) is 0 Å². The summed E-state index contributed by atoms with van der Waals surface area (Å²) in [5.74, 6) is 1.08. The molecule has 0 fully saturated rings. The molecule has 0 atom stereocenters. The number of hydrogen-bond acceptors (Lipinski definition) is 5. The fourth-order valence-corrected chi connectivity index (χ4v) is 2.00. The summed E-state index contributed by atoms with van der Waals surface area (Å²) in [5.41, 5.74) is 0. The van der Waals surface area contributed by atoms with Crippen molar-refractivity contribution in [3.8, 4) is 17.2 Å². The van der Waals surface area contributed by atoms with Gasteiger partial charge < -0.3 is 14.2 Å². The predicted octanol–water partition coefficient (Wildman–Crippen LogP) is 2.98. The summed E-state index contributed by atoms with van der Waals surface area (Å²) in [6, 6.07) is 8.52. The van der Waals surface area contributed by atoms with E-state index in [1.54, 1.807) is 37.4 Å². The van der Waals surface area contributed by atoms with E-state index in [2.05, 4.69) is 0 Å². The number of thiophene rings is 1. The summed E-state index contributed by atoms with van der Waals surface area (Å²) in [4.78, 5) is 12.3. The topological polar surface area (TPSA) is 44.8 Å². The van der Waals surface area contributed by atoms with E-state index in [0.717, 1.165) is 0 Å². The molecule has 0 radical (unpaired) electrons. The van der Waals surface area contributed by atoms with Crippen LogP contribution >= 0.6 is 11.3 Å². The minimum atomic E-state index is -0.395. The lowest BCUT2D eigenvalue weighted by molar-refractivity contribution is 0.0734. The van der Waals surface area contributed by atoms with E-state index < -0.39 is 5.97 Å². The largest absolute Gasteiger partial charge is 0.497 e. The molecule has 0 N–H and O–H groups in total. The van der Waals surface area contributed by atoms with Crippen LogP contribution in [0.25, 0.3) is 0 Å². The molecule has 4 nitrogen and oxygen atoms in total. The molecule has 0 amide bonds. The maximum absolute atomic E-state index is 11.8. The maximum Gasteiger partial charge on any atom is 0.353 e. The Morgan fingerprint density at radius 2 is 1.94 bits per heavy atom. The Hall–Kier alpha value is -2.01. The van der Waals surface area contributed by atoms with Gasteiger partial charge in [-0.25, -0.2) is 4.79 Å². The van der Waals surface area contributed by atoms with E-state index in [1.165, 1.54) is 18.4 Å². The van der Waals surface area contributed by atoms with Crippen molar-refractivity contribution in [3.63, 3.8) is 0 Å². The van der Waals surface area contributed by atoms with Crippen molar-refractivity contribution in [2.45, 2.75) is 0 Å². The fraction of sp³-hybridized carbons (Fsp3) is 0.154. The van der Waals surface area contributed by atoms with Crippen molar-refractivity contribution >= 4 is 17.3 Å². The number of hydrogen-bond donors (Lipinski definition) is 0. The minimum absolute atomic E-state index is 0.372. The Kier molecular flexibility index (Phi) is 3.84. The quantitative estimate of drug-likeness (QED) is 0.629. The third-order valence-corrected chi connectivity index (χ3v) is 3.15. The van der Waals surface area contributed by atoms with Crippen LogP contribution in [-0.2, 0) is 0 Å². The highest BCUT2D eigenvalue weighted by Crippen LogP contribution is 2.31. The van der Waals surface area contributed by atoms with Crippen molar-refractivity contribution in [1.29, 1.82) is 0 Å². The summed E-state index contributed by atoms with van der Waals surface area (Å²) in [5, 5.41) is 1.82. The molecule has 1 aromatic carbocycles. The second-order valence-electron chi connectivity index (χ2n) is 3.38. The van der Waals surface area contributed by atoms with Crippen LogP contribution in [-0.4, -0.2) is 20.2 Å². The molecule has 1 heterocycles. The average Bonchev–Trinajstić information content (AvgIpc) is 2.93. The van der Waals surface area contributed by atoms with E-state index in [9.17, 15) is 4.79 Å². The van der Waals surface area contributed by atoms with Crippen molar-refractivity contribution in [2.75, 3.05) is 14.2 Å². The summed E-state index contributed by atoms with van der Waals surface area (Å²) in [6.45, 7) is 0.